The maximum Gasteiger partial charge on any atom is 0.472 e. The lowest BCUT2D eigenvalue weighted by Crippen LogP contribution is -2.29. The molecule has 0 heterocycles. The monoisotopic (exact) mass is 970 g/mol. The number of phosphoric ester groups is 1. The summed E-state index contributed by atoms with van der Waals surface area (Å²) in [5, 5.41) is 0. The van der Waals surface area contributed by atoms with Gasteiger partial charge in [0.1, 0.15) is 6.61 Å². The number of rotatable bonds is 56. The average molecular weight is 970 g/mol. The van der Waals surface area contributed by atoms with Crippen LogP contribution in [-0.2, 0) is 32.7 Å². The van der Waals surface area contributed by atoms with Crippen molar-refractivity contribution in [3.8, 4) is 0 Å². The lowest BCUT2D eigenvalue weighted by molar-refractivity contribution is -0.161. The Kier molecular flexibility index (Phi) is 53.1. The number of phosphoric acid groups is 1. The third-order valence-corrected chi connectivity index (χ3v) is 14.1. The van der Waals surface area contributed by atoms with Gasteiger partial charge in [-0.05, 0) is 38.5 Å². The Labute approximate surface area is 415 Å². The van der Waals surface area contributed by atoms with E-state index in [1.165, 1.54) is 218 Å². The molecule has 0 aliphatic carbocycles. The quantitative estimate of drug-likeness (QED) is 0.0264. The lowest BCUT2D eigenvalue weighted by Gasteiger charge is -2.19. The summed E-state index contributed by atoms with van der Waals surface area (Å²) in [6.45, 7) is 3.75. The molecule has 0 aromatic rings. The molecule has 0 amide bonds. The van der Waals surface area contributed by atoms with Crippen molar-refractivity contribution >= 4 is 19.8 Å². The number of ether oxygens (including phenoxy) is 2. The molecule has 0 radical (unpaired) electrons. The second kappa shape index (κ2) is 54.1. The normalized spacial score (nSPS) is 13.1. The molecule has 0 aliphatic rings. The Bertz CT molecular complexity index is 1110. The molecule has 2 atom stereocenters. The average Bonchev–Trinajstić information content (AvgIpc) is 3.32. The minimum absolute atomic E-state index is 0.0550. The molecule has 0 aromatic heterocycles. The van der Waals surface area contributed by atoms with Gasteiger partial charge < -0.3 is 20.1 Å². The van der Waals surface area contributed by atoms with Crippen molar-refractivity contribution in [3.05, 3.63) is 12.2 Å². The van der Waals surface area contributed by atoms with Crippen LogP contribution in [0, 0.1) is 0 Å². The number of carbonyl (C=O) groups is 2. The fraction of sp³-hybridized carbons (Fsp3) is 0.930. The van der Waals surface area contributed by atoms with Gasteiger partial charge in [0.05, 0.1) is 13.2 Å². The summed E-state index contributed by atoms with van der Waals surface area (Å²) >= 11 is 0. The van der Waals surface area contributed by atoms with E-state index in [-0.39, 0.29) is 38.6 Å². The van der Waals surface area contributed by atoms with Crippen molar-refractivity contribution in [1.29, 1.82) is 0 Å². The first-order chi connectivity index (χ1) is 32.8. The van der Waals surface area contributed by atoms with Crippen molar-refractivity contribution in [3.63, 3.8) is 0 Å². The fourth-order valence-electron chi connectivity index (χ4n) is 8.81. The van der Waals surface area contributed by atoms with Crippen molar-refractivity contribution in [2.45, 2.75) is 315 Å². The van der Waals surface area contributed by atoms with Gasteiger partial charge in [0, 0.05) is 19.4 Å². The van der Waals surface area contributed by atoms with Crippen molar-refractivity contribution in [2.75, 3.05) is 26.4 Å². The van der Waals surface area contributed by atoms with E-state index in [1.807, 2.05) is 0 Å². The van der Waals surface area contributed by atoms with E-state index in [2.05, 4.69) is 26.0 Å². The van der Waals surface area contributed by atoms with Gasteiger partial charge in [0.15, 0.2) is 6.10 Å². The molecule has 10 heteroatoms. The molecule has 0 spiro atoms. The molecule has 0 rings (SSSR count). The third kappa shape index (κ3) is 53.9. The van der Waals surface area contributed by atoms with Crippen LogP contribution in [0.3, 0.4) is 0 Å². The Morgan fingerprint density at radius 3 is 1.09 bits per heavy atom. The third-order valence-electron chi connectivity index (χ3n) is 13.2. The Morgan fingerprint density at radius 1 is 0.433 bits per heavy atom. The molecule has 398 valence electrons. The zero-order valence-corrected chi connectivity index (χ0v) is 45.3. The number of carbonyl (C=O) groups excluding carboxylic acids is 2. The Morgan fingerprint density at radius 2 is 0.731 bits per heavy atom. The van der Waals surface area contributed by atoms with Crippen LogP contribution in [0.15, 0.2) is 12.2 Å². The largest absolute Gasteiger partial charge is 0.472 e. The van der Waals surface area contributed by atoms with Crippen LogP contribution in [-0.4, -0.2) is 49.3 Å². The van der Waals surface area contributed by atoms with Crippen LogP contribution in [0.4, 0.5) is 0 Å². The summed E-state index contributed by atoms with van der Waals surface area (Å²) in [5.74, 6) is -0.823. The first-order valence-electron chi connectivity index (χ1n) is 29.2. The number of esters is 2. The predicted octanol–water partition coefficient (Wildman–Crippen LogP) is 18.1. The number of unbranched alkanes of at least 4 members (excludes halogenated alkanes) is 41. The number of allylic oxidation sites excluding steroid dienone is 2. The van der Waals surface area contributed by atoms with Gasteiger partial charge in [-0.1, -0.05) is 270 Å². The SMILES string of the molecule is CCCCC/C=C\CCCCCCCC(=O)OC(COC(=O)CCCCCCCCCCCCCCCCCCCCCCCCCCCCCCCCCCCC)COP(=O)(O)OCCN. The number of hydrogen-bond acceptors (Lipinski definition) is 8. The molecule has 9 nitrogen and oxygen atoms in total. The van der Waals surface area contributed by atoms with Crippen molar-refractivity contribution in [1.82, 2.24) is 0 Å². The molecular weight excluding hydrogens is 858 g/mol. The Hall–Kier alpha value is -1.25. The van der Waals surface area contributed by atoms with Gasteiger partial charge in [0.2, 0.25) is 0 Å². The summed E-state index contributed by atoms with van der Waals surface area (Å²) in [7, 11) is -4.38. The minimum Gasteiger partial charge on any atom is -0.462 e. The fourth-order valence-corrected chi connectivity index (χ4v) is 9.58. The second-order valence-electron chi connectivity index (χ2n) is 19.9. The molecule has 0 aliphatic heterocycles. The van der Waals surface area contributed by atoms with E-state index >= 15 is 0 Å². The van der Waals surface area contributed by atoms with Gasteiger partial charge in [-0.2, -0.15) is 0 Å². The molecule has 2 unspecified atom stereocenters. The molecule has 0 bridgehead atoms. The van der Waals surface area contributed by atoms with Crippen LogP contribution < -0.4 is 5.73 Å². The highest BCUT2D eigenvalue weighted by Gasteiger charge is 2.26. The van der Waals surface area contributed by atoms with E-state index in [0.29, 0.717) is 6.42 Å². The van der Waals surface area contributed by atoms with Gasteiger partial charge in [-0.3, -0.25) is 18.6 Å². The zero-order chi connectivity index (χ0) is 48.8. The topological polar surface area (TPSA) is 134 Å². The summed E-state index contributed by atoms with van der Waals surface area (Å²) < 4.78 is 32.9. The molecule has 0 fully saturated rings. The number of hydrogen-bond donors (Lipinski definition) is 2. The molecule has 0 saturated heterocycles. The summed E-state index contributed by atoms with van der Waals surface area (Å²) in [6.07, 6.45) is 61.6. The lowest BCUT2D eigenvalue weighted by atomic mass is 10.0. The zero-order valence-electron chi connectivity index (χ0n) is 44.4. The van der Waals surface area contributed by atoms with Crippen LogP contribution in [0.1, 0.15) is 309 Å². The maximum atomic E-state index is 12.6. The highest BCUT2D eigenvalue weighted by molar-refractivity contribution is 7.47. The molecule has 0 aromatic carbocycles. The highest BCUT2D eigenvalue weighted by atomic mass is 31.2. The standard InChI is InChI=1S/C57H112NO8P/c1-3-5-7-9-11-13-15-17-18-19-20-21-22-23-24-25-26-27-28-29-30-31-32-33-34-35-36-37-38-40-41-43-45-47-49-56(59)63-53-55(54-65-67(61,62)64-52-51-58)66-57(60)50-48-46-44-42-39-16-14-12-10-8-6-4-2/h12,14,55H,3-11,13,15-54,58H2,1-2H3,(H,61,62)/b14-12-. The molecule has 67 heavy (non-hydrogen) atoms. The van der Waals surface area contributed by atoms with Crippen LogP contribution in [0.25, 0.3) is 0 Å². The van der Waals surface area contributed by atoms with Crippen LogP contribution >= 0.6 is 7.82 Å². The van der Waals surface area contributed by atoms with E-state index < -0.39 is 26.5 Å². The Balaban J connectivity index is 3.74. The first-order valence-corrected chi connectivity index (χ1v) is 30.7. The van der Waals surface area contributed by atoms with Gasteiger partial charge >= 0.3 is 19.8 Å². The summed E-state index contributed by atoms with van der Waals surface area (Å²) in [4.78, 5) is 35.0. The summed E-state index contributed by atoms with van der Waals surface area (Å²) in [6, 6.07) is 0. The minimum atomic E-state index is -4.38. The van der Waals surface area contributed by atoms with Gasteiger partial charge in [0.25, 0.3) is 0 Å². The van der Waals surface area contributed by atoms with E-state index in [1.54, 1.807) is 0 Å². The van der Waals surface area contributed by atoms with Crippen molar-refractivity contribution < 1.29 is 37.6 Å². The number of nitrogens with two attached hydrogens (primary N) is 1. The first kappa shape index (κ1) is 65.8. The van der Waals surface area contributed by atoms with Crippen LogP contribution in [0.5, 0.6) is 0 Å². The highest BCUT2D eigenvalue weighted by Crippen LogP contribution is 2.43. The van der Waals surface area contributed by atoms with E-state index in [4.69, 9.17) is 24.3 Å². The second-order valence-corrected chi connectivity index (χ2v) is 21.3. The van der Waals surface area contributed by atoms with Gasteiger partial charge in [-0.15, -0.1) is 0 Å². The van der Waals surface area contributed by atoms with Gasteiger partial charge in [-0.25, -0.2) is 4.57 Å². The van der Waals surface area contributed by atoms with E-state index in [9.17, 15) is 19.0 Å². The smallest absolute Gasteiger partial charge is 0.462 e. The predicted molar refractivity (Wildman–Crippen MR) is 284 cm³/mol. The van der Waals surface area contributed by atoms with Crippen molar-refractivity contribution in [2.24, 2.45) is 5.73 Å². The van der Waals surface area contributed by atoms with Crippen LogP contribution in [0.2, 0.25) is 0 Å². The van der Waals surface area contributed by atoms with E-state index in [0.717, 1.165) is 57.8 Å². The molecular formula is C57H112NO8P. The molecule has 0 saturated carbocycles. The maximum absolute atomic E-state index is 12.6. The summed E-state index contributed by atoms with van der Waals surface area (Å²) in [5.41, 5.74) is 5.37. The molecule has 3 N–H and O–H groups in total.